The molecule has 1 N–H and O–H groups in total. The summed E-state index contributed by atoms with van der Waals surface area (Å²) in [7, 11) is 0. The third kappa shape index (κ3) is 4.83. The van der Waals surface area contributed by atoms with Crippen LogP contribution in [0.2, 0.25) is 0 Å². The maximum atomic E-state index is 12.3. The van der Waals surface area contributed by atoms with E-state index in [1.54, 1.807) is 17.5 Å². The van der Waals surface area contributed by atoms with Crippen molar-refractivity contribution in [2.45, 2.75) is 32.6 Å². The molecule has 4 rings (SSSR count). The lowest BCUT2D eigenvalue weighted by Crippen LogP contribution is -2.24. The minimum atomic E-state index is -0.0590. The average molecular weight is 422 g/mol. The van der Waals surface area contributed by atoms with E-state index in [-0.39, 0.29) is 5.91 Å². The highest BCUT2D eigenvalue weighted by molar-refractivity contribution is 7.13. The Kier molecular flexibility index (Phi) is 6.34. The molecule has 0 saturated carbocycles. The number of amides is 1. The van der Waals surface area contributed by atoms with Crippen molar-refractivity contribution in [1.29, 1.82) is 0 Å². The number of thiophene rings is 1. The predicted octanol–water partition coefficient (Wildman–Crippen LogP) is 4.44. The summed E-state index contributed by atoms with van der Waals surface area (Å²) in [6, 6.07) is 13.4. The molecule has 7 nitrogen and oxygen atoms in total. The molecule has 3 aromatic heterocycles. The molecule has 30 heavy (non-hydrogen) atoms. The van der Waals surface area contributed by atoms with Crippen molar-refractivity contribution in [2.75, 3.05) is 6.54 Å². The lowest BCUT2D eigenvalue weighted by molar-refractivity contribution is 0.0953. The first kappa shape index (κ1) is 20.0. The number of hydrogen-bond donors (Lipinski definition) is 1. The Balaban J connectivity index is 1.16. The molecule has 8 heteroatoms. The van der Waals surface area contributed by atoms with Gasteiger partial charge in [-0.1, -0.05) is 17.6 Å². The Morgan fingerprint density at radius 2 is 2.00 bits per heavy atom. The van der Waals surface area contributed by atoms with Crippen molar-refractivity contribution < 1.29 is 9.32 Å². The quantitative estimate of drug-likeness (QED) is 0.404. The third-order valence-corrected chi connectivity index (χ3v) is 5.63. The Labute approximate surface area is 178 Å². The number of carbonyl (C=O) groups excluding carboxylic acids is 1. The smallest absolute Gasteiger partial charge is 0.251 e. The lowest BCUT2D eigenvalue weighted by Gasteiger charge is -2.07. The highest BCUT2D eigenvalue weighted by Gasteiger charge is 2.09. The fourth-order valence-corrected chi connectivity index (χ4v) is 3.79. The van der Waals surface area contributed by atoms with Crippen LogP contribution in [0.25, 0.3) is 16.4 Å². The van der Waals surface area contributed by atoms with E-state index >= 15 is 0 Å². The highest BCUT2D eigenvalue weighted by Crippen LogP contribution is 2.21. The molecule has 3 heterocycles. The zero-order valence-electron chi connectivity index (χ0n) is 16.7. The van der Waals surface area contributed by atoms with Gasteiger partial charge in [0.2, 0.25) is 11.7 Å². The summed E-state index contributed by atoms with van der Waals surface area (Å²) in [5.74, 6) is 1.26. The van der Waals surface area contributed by atoms with Gasteiger partial charge in [-0.15, -0.1) is 11.3 Å². The highest BCUT2D eigenvalue weighted by atomic mass is 32.1. The summed E-state index contributed by atoms with van der Waals surface area (Å²) in [5, 5.41) is 13.3. The van der Waals surface area contributed by atoms with Gasteiger partial charge < -0.3 is 9.84 Å². The summed E-state index contributed by atoms with van der Waals surface area (Å²) >= 11 is 1.60. The molecule has 154 valence electrons. The van der Waals surface area contributed by atoms with Gasteiger partial charge in [-0.05, 0) is 61.5 Å². The van der Waals surface area contributed by atoms with Crippen LogP contribution in [0.1, 0.15) is 41.2 Å². The molecule has 0 bridgehead atoms. The molecule has 0 unspecified atom stereocenters. The first-order valence-corrected chi connectivity index (χ1v) is 10.8. The number of rotatable bonds is 9. The molecule has 0 aliphatic rings. The van der Waals surface area contributed by atoms with Crippen LogP contribution >= 0.6 is 11.3 Å². The topological polar surface area (TPSA) is 85.8 Å². The Bertz CT molecular complexity index is 1080. The van der Waals surface area contributed by atoms with Gasteiger partial charge in [0.25, 0.3) is 5.91 Å². The normalized spacial score (nSPS) is 11.0. The van der Waals surface area contributed by atoms with E-state index in [2.05, 4.69) is 20.6 Å². The Morgan fingerprint density at radius 1 is 1.13 bits per heavy atom. The van der Waals surface area contributed by atoms with Gasteiger partial charge in [-0.3, -0.25) is 4.79 Å². The van der Waals surface area contributed by atoms with Gasteiger partial charge in [-0.25, -0.2) is 4.68 Å². The molecule has 0 saturated heterocycles. The number of unbranched alkanes of at least 4 members (excludes halogenated alkanes) is 2. The van der Waals surface area contributed by atoms with Gasteiger partial charge in [-0.2, -0.15) is 10.1 Å². The molecule has 0 aliphatic heterocycles. The summed E-state index contributed by atoms with van der Waals surface area (Å²) in [4.78, 5) is 17.8. The standard InChI is InChI=1S/C22H23N5O2S/c1-16-12-14-24-27(16)18-10-8-17(9-11-18)22(28)23-13-4-2-3-7-20-25-21(26-29-20)19-6-5-15-30-19/h5-6,8-12,14-15H,2-4,7,13H2,1H3,(H,23,28). The fraction of sp³-hybridized carbons (Fsp3) is 0.273. The monoisotopic (exact) mass is 421 g/mol. The first-order valence-electron chi connectivity index (χ1n) is 9.96. The Morgan fingerprint density at radius 3 is 2.73 bits per heavy atom. The molecular formula is C22H23N5O2S. The van der Waals surface area contributed by atoms with E-state index in [9.17, 15) is 4.79 Å². The predicted molar refractivity (Wildman–Crippen MR) is 116 cm³/mol. The van der Waals surface area contributed by atoms with Crippen LogP contribution in [0.3, 0.4) is 0 Å². The van der Waals surface area contributed by atoms with Crippen molar-refractivity contribution in [3.63, 3.8) is 0 Å². The molecule has 1 aromatic carbocycles. The van der Waals surface area contributed by atoms with E-state index in [4.69, 9.17) is 4.52 Å². The average Bonchev–Trinajstić information content (AvgIpc) is 3.52. The van der Waals surface area contributed by atoms with Gasteiger partial charge in [0, 0.05) is 30.4 Å². The zero-order valence-corrected chi connectivity index (χ0v) is 17.6. The SMILES string of the molecule is Cc1ccnn1-c1ccc(C(=O)NCCCCCc2nc(-c3cccs3)no2)cc1. The van der Waals surface area contributed by atoms with Crippen LogP contribution in [-0.2, 0) is 6.42 Å². The number of aryl methyl sites for hydroxylation is 2. The van der Waals surface area contributed by atoms with Crippen LogP contribution in [0.5, 0.6) is 0 Å². The van der Waals surface area contributed by atoms with Crippen molar-refractivity contribution in [3.05, 3.63) is 71.2 Å². The van der Waals surface area contributed by atoms with E-state index in [0.29, 0.717) is 23.8 Å². The number of benzene rings is 1. The summed E-state index contributed by atoms with van der Waals surface area (Å²) in [6.45, 7) is 2.64. The van der Waals surface area contributed by atoms with Gasteiger partial charge in [0.15, 0.2) is 0 Å². The van der Waals surface area contributed by atoms with Gasteiger partial charge >= 0.3 is 0 Å². The van der Waals surface area contributed by atoms with Crippen molar-refractivity contribution in [1.82, 2.24) is 25.2 Å². The zero-order chi connectivity index (χ0) is 20.8. The number of nitrogens with one attached hydrogen (secondary N) is 1. The second-order valence-electron chi connectivity index (χ2n) is 6.99. The summed E-state index contributed by atoms with van der Waals surface area (Å²) < 4.78 is 7.15. The second-order valence-corrected chi connectivity index (χ2v) is 7.93. The van der Waals surface area contributed by atoms with Crippen molar-refractivity contribution in [3.8, 4) is 16.4 Å². The maximum Gasteiger partial charge on any atom is 0.251 e. The third-order valence-electron chi connectivity index (χ3n) is 4.77. The van der Waals surface area contributed by atoms with E-state index < -0.39 is 0 Å². The van der Waals surface area contributed by atoms with Crippen LogP contribution in [0.15, 0.2) is 58.6 Å². The molecule has 1 amide bonds. The number of aromatic nitrogens is 4. The summed E-state index contributed by atoms with van der Waals surface area (Å²) in [5.41, 5.74) is 2.64. The van der Waals surface area contributed by atoms with Gasteiger partial charge in [0.1, 0.15) is 0 Å². The van der Waals surface area contributed by atoms with Crippen LogP contribution in [0, 0.1) is 6.92 Å². The minimum absolute atomic E-state index is 0.0590. The maximum absolute atomic E-state index is 12.3. The largest absolute Gasteiger partial charge is 0.352 e. The minimum Gasteiger partial charge on any atom is -0.352 e. The molecule has 0 spiro atoms. The van der Waals surface area contributed by atoms with E-state index in [1.807, 2.05) is 59.5 Å². The summed E-state index contributed by atoms with van der Waals surface area (Å²) in [6.07, 6.45) is 5.34. The number of nitrogens with zero attached hydrogens (tertiary/aromatic N) is 4. The van der Waals surface area contributed by atoms with Crippen molar-refractivity contribution in [2.24, 2.45) is 0 Å². The first-order chi connectivity index (χ1) is 14.7. The molecule has 0 aliphatic carbocycles. The van der Waals surface area contributed by atoms with Crippen LogP contribution in [0.4, 0.5) is 0 Å². The van der Waals surface area contributed by atoms with E-state index in [1.165, 1.54) is 0 Å². The lowest BCUT2D eigenvalue weighted by atomic mass is 10.1. The van der Waals surface area contributed by atoms with E-state index in [0.717, 1.165) is 41.9 Å². The molecule has 0 radical (unpaired) electrons. The second kappa shape index (κ2) is 9.49. The molecule has 0 fully saturated rings. The number of hydrogen-bond acceptors (Lipinski definition) is 6. The molecule has 4 aromatic rings. The molecule has 0 atom stereocenters. The molecular weight excluding hydrogens is 398 g/mol. The number of carbonyl (C=O) groups is 1. The van der Waals surface area contributed by atoms with Crippen LogP contribution in [-0.4, -0.2) is 32.4 Å². The van der Waals surface area contributed by atoms with Crippen LogP contribution < -0.4 is 5.32 Å². The van der Waals surface area contributed by atoms with Gasteiger partial charge in [0.05, 0.1) is 10.6 Å². The fourth-order valence-electron chi connectivity index (χ4n) is 3.14. The Hall–Kier alpha value is -3.26. The van der Waals surface area contributed by atoms with Crippen molar-refractivity contribution >= 4 is 17.2 Å².